The number of nitrogens with one attached hydrogen (secondary N) is 1. The molecule has 1 rings (SSSR count). The van der Waals surface area contributed by atoms with Crippen LogP contribution in [0.5, 0.6) is 0 Å². The summed E-state index contributed by atoms with van der Waals surface area (Å²) in [6.45, 7) is 1.59. The third kappa shape index (κ3) is 3.74. The average molecular weight is 268 g/mol. The molecule has 18 heavy (non-hydrogen) atoms. The lowest BCUT2D eigenvalue weighted by Gasteiger charge is -2.15. The number of aliphatic hydroxyl groups excluding tert-OH is 1. The van der Waals surface area contributed by atoms with Gasteiger partial charge in [-0.25, -0.2) is 0 Å². The van der Waals surface area contributed by atoms with Crippen molar-refractivity contribution in [3.05, 3.63) is 29.3 Å². The number of rotatable bonds is 3. The Labute approximate surface area is 108 Å². The van der Waals surface area contributed by atoms with Crippen molar-refractivity contribution in [2.45, 2.75) is 6.92 Å². The molecule has 0 unspecified atom stereocenters. The first-order chi connectivity index (χ1) is 8.36. The molecule has 0 saturated carbocycles. The smallest absolute Gasteiger partial charge is 0.301 e. The Kier molecular flexibility index (Phi) is 4.73. The summed E-state index contributed by atoms with van der Waals surface area (Å²) >= 11 is 0. The van der Waals surface area contributed by atoms with Crippen LogP contribution in [0.3, 0.4) is 0 Å². The lowest BCUT2D eigenvalue weighted by molar-refractivity contribution is 0.350. The topological polar surface area (TPSA) is 69.6 Å². The molecule has 98 valence electrons. The minimum atomic E-state index is -3.50. The molecule has 0 radical (unpaired) electrons. The summed E-state index contributed by atoms with van der Waals surface area (Å²) < 4.78 is 26.9. The average Bonchev–Trinajstić information content (AvgIpc) is 2.29. The van der Waals surface area contributed by atoms with E-state index in [2.05, 4.69) is 16.6 Å². The summed E-state index contributed by atoms with van der Waals surface area (Å²) in [5.41, 5.74) is 2.01. The maximum Gasteiger partial charge on any atom is 0.301 e. The van der Waals surface area contributed by atoms with Crippen molar-refractivity contribution in [3.8, 4) is 11.8 Å². The van der Waals surface area contributed by atoms with Crippen LogP contribution in [0, 0.1) is 18.8 Å². The Morgan fingerprint density at radius 3 is 2.56 bits per heavy atom. The number of anilines is 1. The molecule has 2 N–H and O–H groups in total. The SMILES string of the molecule is Cc1cc(C#CCO)ccc1NS(=O)(=O)N(C)C. The van der Waals surface area contributed by atoms with Crippen molar-refractivity contribution in [2.75, 3.05) is 25.4 Å². The molecule has 1 aromatic rings. The van der Waals surface area contributed by atoms with Crippen LogP contribution in [0.1, 0.15) is 11.1 Å². The predicted molar refractivity (Wildman–Crippen MR) is 71.4 cm³/mol. The summed E-state index contributed by atoms with van der Waals surface area (Å²) in [6.07, 6.45) is 0. The van der Waals surface area contributed by atoms with Crippen LogP contribution in [0.2, 0.25) is 0 Å². The van der Waals surface area contributed by atoms with Crippen LogP contribution in [0.25, 0.3) is 0 Å². The third-order valence-electron chi connectivity index (χ3n) is 2.26. The highest BCUT2D eigenvalue weighted by Crippen LogP contribution is 2.17. The highest BCUT2D eigenvalue weighted by molar-refractivity contribution is 7.90. The number of benzene rings is 1. The van der Waals surface area contributed by atoms with Crippen LogP contribution in [0.4, 0.5) is 5.69 Å². The maximum absolute atomic E-state index is 11.7. The van der Waals surface area contributed by atoms with Gasteiger partial charge in [-0.05, 0) is 30.7 Å². The first-order valence-corrected chi connectivity index (χ1v) is 6.71. The molecule has 5 nitrogen and oxygen atoms in total. The van der Waals surface area contributed by atoms with E-state index < -0.39 is 10.2 Å². The molecule has 0 spiro atoms. The van der Waals surface area contributed by atoms with Crippen LogP contribution < -0.4 is 4.72 Å². The van der Waals surface area contributed by atoms with E-state index >= 15 is 0 Å². The van der Waals surface area contributed by atoms with E-state index in [1.54, 1.807) is 25.1 Å². The summed E-state index contributed by atoms with van der Waals surface area (Å²) in [6, 6.07) is 5.11. The molecule has 0 amide bonds. The number of hydrogen-bond donors (Lipinski definition) is 2. The minimum absolute atomic E-state index is 0.200. The summed E-state index contributed by atoms with van der Waals surface area (Å²) in [5.74, 6) is 5.30. The number of hydrogen-bond acceptors (Lipinski definition) is 3. The Bertz CT molecular complexity index is 583. The molecule has 0 aliphatic carbocycles. The third-order valence-corrected chi connectivity index (χ3v) is 3.70. The van der Waals surface area contributed by atoms with Gasteiger partial charge in [-0.2, -0.15) is 12.7 Å². The Hall–Kier alpha value is -1.55. The van der Waals surface area contributed by atoms with Crippen LogP contribution in [-0.4, -0.2) is 38.5 Å². The van der Waals surface area contributed by atoms with Gasteiger partial charge in [-0.3, -0.25) is 4.72 Å². The largest absolute Gasteiger partial charge is 0.384 e. The van der Waals surface area contributed by atoms with Crippen molar-refractivity contribution >= 4 is 15.9 Å². The van der Waals surface area contributed by atoms with E-state index in [1.807, 2.05) is 0 Å². The van der Waals surface area contributed by atoms with E-state index in [9.17, 15) is 8.42 Å². The van der Waals surface area contributed by atoms with E-state index in [0.717, 1.165) is 15.4 Å². The van der Waals surface area contributed by atoms with E-state index in [4.69, 9.17) is 5.11 Å². The van der Waals surface area contributed by atoms with Gasteiger partial charge < -0.3 is 5.11 Å². The molecule has 0 heterocycles. The monoisotopic (exact) mass is 268 g/mol. The molecule has 0 saturated heterocycles. The van der Waals surface area contributed by atoms with Gasteiger partial charge in [0.05, 0.1) is 5.69 Å². The minimum Gasteiger partial charge on any atom is -0.384 e. The lowest BCUT2D eigenvalue weighted by Crippen LogP contribution is -2.29. The fraction of sp³-hybridized carbons (Fsp3) is 0.333. The van der Waals surface area contributed by atoms with Gasteiger partial charge >= 0.3 is 10.2 Å². The first-order valence-electron chi connectivity index (χ1n) is 5.27. The lowest BCUT2D eigenvalue weighted by atomic mass is 10.1. The van der Waals surface area contributed by atoms with Crippen LogP contribution in [0.15, 0.2) is 18.2 Å². The molecular weight excluding hydrogens is 252 g/mol. The van der Waals surface area contributed by atoms with Crippen molar-refractivity contribution in [1.29, 1.82) is 0 Å². The number of nitrogens with zero attached hydrogens (tertiary/aromatic N) is 1. The first kappa shape index (κ1) is 14.5. The van der Waals surface area contributed by atoms with Crippen LogP contribution >= 0.6 is 0 Å². The van der Waals surface area contributed by atoms with Gasteiger partial charge in [0.2, 0.25) is 0 Å². The fourth-order valence-electron chi connectivity index (χ4n) is 1.23. The van der Waals surface area contributed by atoms with Gasteiger partial charge in [-0.15, -0.1) is 0 Å². The molecule has 1 aromatic carbocycles. The predicted octanol–water partition coefficient (Wildman–Crippen LogP) is 0.557. The maximum atomic E-state index is 11.7. The molecule has 6 heteroatoms. The second-order valence-electron chi connectivity index (χ2n) is 3.88. The van der Waals surface area contributed by atoms with Gasteiger partial charge in [0.1, 0.15) is 6.61 Å². The molecule has 0 aliphatic heterocycles. The molecule has 0 aliphatic rings. The zero-order valence-corrected chi connectivity index (χ0v) is 11.4. The van der Waals surface area contributed by atoms with E-state index in [-0.39, 0.29) is 6.61 Å². The zero-order chi connectivity index (χ0) is 13.8. The highest BCUT2D eigenvalue weighted by Gasteiger charge is 2.13. The summed E-state index contributed by atoms with van der Waals surface area (Å²) in [7, 11) is -0.582. The van der Waals surface area contributed by atoms with Gasteiger partial charge in [-0.1, -0.05) is 11.8 Å². The quantitative estimate of drug-likeness (QED) is 0.787. The summed E-state index contributed by atoms with van der Waals surface area (Å²) in [4.78, 5) is 0. The normalized spacial score (nSPS) is 10.9. The van der Waals surface area contributed by atoms with Crippen molar-refractivity contribution in [3.63, 3.8) is 0 Å². The van der Waals surface area contributed by atoms with Crippen molar-refractivity contribution in [1.82, 2.24) is 4.31 Å². The Morgan fingerprint density at radius 2 is 2.06 bits per heavy atom. The molecule has 0 fully saturated rings. The molecule has 0 atom stereocenters. The van der Waals surface area contributed by atoms with Crippen LogP contribution in [-0.2, 0) is 10.2 Å². The van der Waals surface area contributed by atoms with E-state index in [1.165, 1.54) is 14.1 Å². The zero-order valence-electron chi connectivity index (χ0n) is 10.6. The van der Waals surface area contributed by atoms with Crippen molar-refractivity contribution in [2.24, 2.45) is 0 Å². The van der Waals surface area contributed by atoms with Crippen molar-refractivity contribution < 1.29 is 13.5 Å². The molecule has 0 bridgehead atoms. The second-order valence-corrected chi connectivity index (χ2v) is 5.76. The Balaban J connectivity index is 3.00. The Morgan fingerprint density at radius 1 is 1.39 bits per heavy atom. The number of aliphatic hydroxyl groups is 1. The molecular formula is C12H16N2O3S. The summed E-state index contributed by atoms with van der Waals surface area (Å²) in [5, 5.41) is 8.59. The van der Waals surface area contributed by atoms with Gasteiger partial charge in [0, 0.05) is 19.7 Å². The molecule has 0 aromatic heterocycles. The second kappa shape index (κ2) is 5.87. The highest BCUT2D eigenvalue weighted by atomic mass is 32.2. The fourth-order valence-corrected chi connectivity index (χ4v) is 1.92. The van der Waals surface area contributed by atoms with E-state index in [0.29, 0.717) is 5.69 Å². The number of aryl methyl sites for hydroxylation is 1. The van der Waals surface area contributed by atoms with Gasteiger partial charge in [0.15, 0.2) is 0 Å². The van der Waals surface area contributed by atoms with Gasteiger partial charge in [0.25, 0.3) is 0 Å². The standard InChI is InChI=1S/C12H16N2O3S/c1-10-9-11(5-4-8-15)6-7-12(10)13-18(16,17)14(2)3/h6-7,9,13,15H,8H2,1-3H3.